The maximum Gasteiger partial charge on any atom is 0.0728 e. The summed E-state index contributed by atoms with van der Waals surface area (Å²) in [6.45, 7) is 0. The molecule has 0 bridgehead atoms. The van der Waals surface area contributed by atoms with Crippen LogP contribution in [0.4, 0.5) is 0 Å². The Hall–Kier alpha value is -0.800. The average molecular weight is 140 g/mol. The topological polar surface area (TPSA) is 46.5 Å². The summed E-state index contributed by atoms with van der Waals surface area (Å²) in [4.78, 5) is 1.87. The summed E-state index contributed by atoms with van der Waals surface area (Å²) in [7, 11) is 0. The molecule has 1 N–H and O–H groups in total. The van der Waals surface area contributed by atoms with E-state index in [0.717, 1.165) is 0 Å². The van der Waals surface area contributed by atoms with E-state index in [9.17, 15) is 0 Å². The van der Waals surface area contributed by atoms with Gasteiger partial charge in [-0.1, -0.05) is 19.3 Å². The Morgan fingerprint density at radius 2 is 1.90 bits per heavy atom. The van der Waals surface area contributed by atoms with Gasteiger partial charge in [0.05, 0.1) is 6.04 Å². The standard InChI is InChI=1S/C6H12N4/c1-2-4-6(5-3-1)10-8-7-9-10/h6H,1-5H2,(H,8,9). The number of rotatable bonds is 1. The van der Waals surface area contributed by atoms with Crippen molar-refractivity contribution < 1.29 is 0 Å². The first-order valence-electron chi connectivity index (χ1n) is 3.92. The number of hydrogen-bond donors (Lipinski definition) is 1. The van der Waals surface area contributed by atoms with Gasteiger partial charge in [0.1, 0.15) is 0 Å². The highest BCUT2D eigenvalue weighted by atomic mass is 15.7. The summed E-state index contributed by atoms with van der Waals surface area (Å²) in [6, 6.07) is 0.617. The molecular weight excluding hydrogens is 128 g/mol. The molecule has 0 unspecified atom stereocenters. The van der Waals surface area contributed by atoms with Crippen LogP contribution in [0.15, 0.2) is 0 Å². The van der Waals surface area contributed by atoms with Crippen LogP contribution in [0.3, 0.4) is 0 Å². The predicted octanol–water partition coefficient (Wildman–Crippen LogP) is 1.11. The SMILES string of the molecule is C1CCC(n2nn[nH]2)CC1. The second-order valence-electron chi connectivity index (χ2n) is 2.93. The zero-order valence-electron chi connectivity index (χ0n) is 5.95. The van der Waals surface area contributed by atoms with Gasteiger partial charge in [-0.2, -0.15) is 10.0 Å². The highest BCUT2D eigenvalue weighted by Gasteiger charge is 2.16. The number of nitrogens with zero attached hydrogens (tertiary/aromatic N) is 3. The van der Waals surface area contributed by atoms with Gasteiger partial charge in [-0.15, -0.1) is 0 Å². The van der Waals surface area contributed by atoms with Crippen molar-refractivity contribution >= 4 is 0 Å². The highest BCUT2D eigenvalue weighted by Crippen LogP contribution is 2.25. The van der Waals surface area contributed by atoms with E-state index in [2.05, 4.69) is 15.6 Å². The average Bonchev–Trinajstić information content (AvgIpc) is 1.86. The van der Waals surface area contributed by atoms with Crippen molar-refractivity contribution in [2.75, 3.05) is 0 Å². The molecule has 56 valence electrons. The lowest BCUT2D eigenvalue weighted by Gasteiger charge is -2.22. The van der Waals surface area contributed by atoms with Crippen LogP contribution < -0.4 is 0 Å². The van der Waals surface area contributed by atoms with E-state index in [4.69, 9.17) is 0 Å². The van der Waals surface area contributed by atoms with Gasteiger partial charge in [-0.3, -0.25) is 0 Å². The molecule has 2 rings (SSSR count). The Labute approximate surface area is 59.6 Å². The maximum atomic E-state index is 3.84. The van der Waals surface area contributed by atoms with Crippen LogP contribution in [0.1, 0.15) is 38.1 Å². The molecule has 0 amide bonds. The van der Waals surface area contributed by atoms with Gasteiger partial charge in [-0.05, 0) is 23.3 Å². The molecule has 0 atom stereocenters. The van der Waals surface area contributed by atoms with Crippen LogP contribution in [-0.2, 0) is 0 Å². The summed E-state index contributed by atoms with van der Waals surface area (Å²) >= 11 is 0. The molecule has 1 heterocycles. The minimum atomic E-state index is 0.617. The van der Waals surface area contributed by atoms with Gasteiger partial charge in [0.2, 0.25) is 0 Å². The first-order valence-corrected chi connectivity index (χ1v) is 3.92. The zero-order valence-corrected chi connectivity index (χ0v) is 5.95. The van der Waals surface area contributed by atoms with Crippen molar-refractivity contribution in [2.24, 2.45) is 0 Å². The van der Waals surface area contributed by atoms with E-state index < -0.39 is 0 Å². The van der Waals surface area contributed by atoms with Crippen LogP contribution in [0.2, 0.25) is 0 Å². The van der Waals surface area contributed by atoms with Crippen molar-refractivity contribution in [1.29, 1.82) is 0 Å². The van der Waals surface area contributed by atoms with Crippen molar-refractivity contribution in [3.63, 3.8) is 0 Å². The molecule has 0 spiro atoms. The molecule has 0 aromatic carbocycles. The Morgan fingerprint density at radius 3 is 2.40 bits per heavy atom. The van der Waals surface area contributed by atoms with Crippen LogP contribution in [0.25, 0.3) is 0 Å². The lowest BCUT2D eigenvalue weighted by molar-refractivity contribution is 0.232. The smallest absolute Gasteiger partial charge is 0.0728 e. The molecule has 1 aromatic rings. The molecule has 0 radical (unpaired) electrons. The van der Waals surface area contributed by atoms with Gasteiger partial charge in [0.25, 0.3) is 0 Å². The molecule has 1 aliphatic rings. The summed E-state index contributed by atoms with van der Waals surface area (Å²) < 4.78 is 0. The lowest BCUT2D eigenvalue weighted by Crippen LogP contribution is -2.24. The van der Waals surface area contributed by atoms with Gasteiger partial charge < -0.3 is 0 Å². The summed E-state index contributed by atoms with van der Waals surface area (Å²) in [5, 5.41) is 10.2. The van der Waals surface area contributed by atoms with Crippen LogP contribution in [0, 0.1) is 0 Å². The van der Waals surface area contributed by atoms with E-state index in [-0.39, 0.29) is 0 Å². The van der Waals surface area contributed by atoms with Crippen LogP contribution >= 0.6 is 0 Å². The Balaban J connectivity index is 1.95. The first kappa shape index (κ1) is 5.95. The third kappa shape index (κ3) is 0.936. The second-order valence-corrected chi connectivity index (χ2v) is 2.93. The number of nitrogens with one attached hydrogen (secondary N) is 1. The molecule has 1 saturated carbocycles. The molecule has 10 heavy (non-hydrogen) atoms. The first-order chi connectivity index (χ1) is 4.97. The number of hydrogen-bond acceptors (Lipinski definition) is 2. The largest absolute Gasteiger partial charge is 0.180 e. The van der Waals surface area contributed by atoms with Crippen molar-refractivity contribution in [3.05, 3.63) is 0 Å². The summed E-state index contributed by atoms with van der Waals surface area (Å²) in [5.41, 5.74) is 0. The monoisotopic (exact) mass is 140 g/mol. The Bertz CT molecular complexity index is 175. The fourth-order valence-corrected chi connectivity index (χ4v) is 1.58. The molecule has 0 aliphatic heterocycles. The minimum absolute atomic E-state index is 0.617. The zero-order chi connectivity index (χ0) is 6.81. The third-order valence-electron chi connectivity index (χ3n) is 2.21. The quantitative estimate of drug-likeness (QED) is 0.635. The van der Waals surface area contributed by atoms with Crippen molar-refractivity contribution in [1.82, 2.24) is 20.4 Å². The molecule has 1 aliphatic carbocycles. The van der Waals surface area contributed by atoms with E-state index in [1.807, 2.05) is 4.80 Å². The van der Waals surface area contributed by atoms with E-state index >= 15 is 0 Å². The highest BCUT2D eigenvalue weighted by molar-refractivity contribution is 4.66. The molecule has 1 aromatic heterocycles. The Morgan fingerprint density at radius 1 is 1.20 bits per heavy atom. The van der Waals surface area contributed by atoms with Crippen LogP contribution in [-0.4, -0.2) is 20.4 Å². The fraction of sp³-hybridized carbons (Fsp3) is 1.00. The molecule has 1 fully saturated rings. The van der Waals surface area contributed by atoms with Crippen molar-refractivity contribution in [3.8, 4) is 0 Å². The summed E-state index contributed by atoms with van der Waals surface area (Å²) in [6.07, 6.45) is 6.62. The lowest BCUT2D eigenvalue weighted by atomic mass is 9.96. The van der Waals surface area contributed by atoms with Gasteiger partial charge in [0, 0.05) is 0 Å². The van der Waals surface area contributed by atoms with E-state index in [1.165, 1.54) is 32.1 Å². The van der Waals surface area contributed by atoms with E-state index in [1.54, 1.807) is 0 Å². The number of H-pyrrole nitrogens is 1. The molecule has 4 heteroatoms. The maximum absolute atomic E-state index is 3.84. The van der Waals surface area contributed by atoms with E-state index in [0.29, 0.717) is 6.04 Å². The minimum Gasteiger partial charge on any atom is -0.180 e. The normalized spacial score (nSPS) is 21.6. The van der Waals surface area contributed by atoms with Gasteiger partial charge in [0.15, 0.2) is 0 Å². The molecule has 4 nitrogen and oxygen atoms in total. The van der Waals surface area contributed by atoms with Gasteiger partial charge >= 0.3 is 0 Å². The fourth-order valence-electron chi connectivity index (χ4n) is 1.58. The Kier molecular flexibility index (Phi) is 1.45. The molecule has 0 saturated heterocycles. The summed E-state index contributed by atoms with van der Waals surface area (Å²) in [5.74, 6) is 0. The van der Waals surface area contributed by atoms with Crippen LogP contribution in [0.5, 0.6) is 0 Å². The molecular formula is C6H12N4. The third-order valence-corrected chi connectivity index (χ3v) is 2.21. The number of aromatic amines is 1. The van der Waals surface area contributed by atoms with Crippen molar-refractivity contribution in [2.45, 2.75) is 38.1 Å². The second kappa shape index (κ2) is 2.44. The predicted molar refractivity (Wildman–Crippen MR) is 36.5 cm³/mol. The van der Waals surface area contributed by atoms with Gasteiger partial charge in [-0.25, -0.2) is 0 Å². The number of aromatic nitrogens is 4.